The van der Waals surface area contributed by atoms with Gasteiger partial charge in [-0.2, -0.15) is 0 Å². The summed E-state index contributed by atoms with van der Waals surface area (Å²) in [6.07, 6.45) is 5.46. The summed E-state index contributed by atoms with van der Waals surface area (Å²) in [5.74, 6) is 1.86. The van der Waals surface area contributed by atoms with Crippen molar-refractivity contribution in [2.24, 2.45) is 11.8 Å². The van der Waals surface area contributed by atoms with E-state index in [-0.39, 0.29) is 5.54 Å². The van der Waals surface area contributed by atoms with E-state index in [0.717, 1.165) is 18.4 Å². The lowest BCUT2D eigenvalue weighted by Gasteiger charge is -2.44. The van der Waals surface area contributed by atoms with Crippen LogP contribution in [0.2, 0.25) is 0 Å². The number of hydrogen-bond donors (Lipinski definition) is 1. The average molecular weight is 254 g/mol. The predicted molar refractivity (Wildman–Crippen MR) is 75.8 cm³/mol. The molecule has 0 spiro atoms. The Morgan fingerprint density at radius 1 is 1.22 bits per heavy atom. The van der Waals surface area contributed by atoms with Crippen LogP contribution < -0.4 is 5.32 Å². The van der Waals surface area contributed by atoms with Crippen molar-refractivity contribution in [3.8, 4) is 0 Å². The molecular weight excluding hydrogens is 224 g/mol. The molecule has 2 atom stereocenters. The van der Waals surface area contributed by atoms with Gasteiger partial charge in [0, 0.05) is 12.6 Å². The van der Waals surface area contributed by atoms with Crippen LogP contribution in [-0.4, -0.2) is 50.3 Å². The van der Waals surface area contributed by atoms with Crippen LogP contribution in [0.5, 0.6) is 0 Å². The zero-order valence-electron chi connectivity index (χ0n) is 12.4. The van der Waals surface area contributed by atoms with Crippen LogP contribution in [0.3, 0.4) is 0 Å². The quantitative estimate of drug-likeness (QED) is 0.832. The van der Waals surface area contributed by atoms with Crippen molar-refractivity contribution in [1.82, 2.24) is 10.2 Å². The Labute approximate surface area is 112 Å². The lowest BCUT2D eigenvalue weighted by molar-refractivity contribution is 0.0528. The first-order valence-corrected chi connectivity index (χ1v) is 7.63. The van der Waals surface area contributed by atoms with Gasteiger partial charge in [-0.1, -0.05) is 6.92 Å². The normalized spacial score (nSPS) is 35.8. The van der Waals surface area contributed by atoms with Gasteiger partial charge in [-0.05, 0) is 70.6 Å². The van der Waals surface area contributed by atoms with Crippen LogP contribution in [0.25, 0.3) is 0 Å². The Hall–Kier alpha value is -0.120. The molecule has 0 bridgehead atoms. The highest BCUT2D eigenvalue weighted by Gasteiger charge is 2.36. The molecule has 0 radical (unpaired) electrons. The first-order valence-electron chi connectivity index (χ1n) is 7.63. The molecule has 2 heterocycles. The molecule has 2 fully saturated rings. The summed E-state index contributed by atoms with van der Waals surface area (Å²) in [5.41, 5.74) is 0.208. The van der Waals surface area contributed by atoms with Gasteiger partial charge in [0.05, 0.1) is 6.61 Å². The SMILES string of the molecule is CCN1CCC(C2CCNC(C)(COC)C2)CC1. The van der Waals surface area contributed by atoms with E-state index in [2.05, 4.69) is 24.1 Å². The Balaban J connectivity index is 1.86. The molecule has 0 amide bonds. The molecule has 2 aliphatic heterocycles. The number of likely N-dealkylation sites (tertiary alicyclic amines) is 1. The van der Waals surface area contributed by atoms with E-state index in [1.165, 1.54) is 51.9 Å². The molecule has 0 aromatic carbocycles. The van der Waals surface area contributed by atoms with Crippen LogP contribution >= 0.6 is 0 Å². The Morgan fingerprint density at radius 3 is 2.56 bits per heavy atom. The van der Waals surface area contributed by atoms with E-state index < -0.39 is 0 Å². The molecule has 0 aromatic rings. The van der Waals surface area contributed by atoms with Crippen molar-refractivity contribution in [1.29, 1.82) is 0 Å². The summed E-state index contributed by atoms with van der Waals surface area (Å²) in [6.45, 7) is 10.5. The van der Waals surface area contributed by atoms with E-state index in [9.17, 15) is 0 Å². The van der Waals surface area contributed by atoms with Crippen LogP contribution in [0, 0.1) is 11.8 Å². The maximum atomic E-state index is 5.38. The minimum Gasteiger partial charge on any atom is -0.383 e. The highest BCUT2D eigenvalue weighted by atomic mass is 16.5. The minimum atomic E-state index is 0.208. The van der Waals surface area contributed by atoms with Crippen molar-refractivity contribution in [2.75, 3.05) is 39.9 Å². The van der Waals surface area contributed by atoms with Crippen molar-refractivity contribution >= 4 is 0 Å². The third-order valence-corrected chi connectivity index (χ3v) is 4.99. The second-order valence-corrected chi connectivity index (χ2v) is 6.45. The minimum absolute atomic E-state index is 0.208. The van der Waals surface area contributed by atoms with Gasteiger partial charge < -0.3 is 15.0 Å². The van der Waals surface area contributed by atoms with E-state index >= 15 is 0 Å². The number of rotatable bonds is 4. The topological polar surface area (TPSA) is 24.5 Å². The van der Waals surface area contributed by atoms with Crippen LogP contribution in [0.1, 0.15) is 39.5 Å². The summed E-state index contributed by atoms with van der Waals surface area (Å²) < 4.78 is 5.38. The molecule has 106 valence electrons. The van der Waals surface area contributed by atoms with Gasteiger partial charge in [0.25, 0.3) is 0 Å². The standard InChI is InChI=1S/C15H30N2O/c1-4-17-9-6-13(7-10-17)14-5-8-16-15(2,11-14)12-18-3/h13-14,16H,4-12H2,1-3H3. The van der Waals surface area contributed by atoms with E-state index in [0.29, 0.717) is 0 Å². The molecule has 0 aromatic heterocycles. The van der Waals surface area contributed by atoms with Gasteiger partial charge in [0.15, 0.2) is 0 Å². The second kappa shape index (κ2) is 6.36. The predicted octanol–water partition coefficient (Wildman–Crippen LogP) is 2.12. The molecule has 3 heteroatoms. The molecular formula is C15H30N2O. The fourth-order valence-corrected chi connectivity index (χ4v) is 3.88. The zero-order chi connectivity index (χ0) is 13.0. The van der Waals surface area contributed by atoms with E-state index in [1.807, 2.05) is 7.11 Å². The summed E-state index contributed by atoms with van der Waals surface area (Å²) in [5, 5.41) is 3.65. The van der Waals surface area contributed by atoms with E-state index in [4.69, 9.17) is 4.74 Å². The van der Waals surface area contributed by atoms with Gasteiger partial charge in [-0.3, -0.25) is 0 Å². The highest BCUT2D eigenvalue weighted by molar-refractivity contribution is 4.93. The number of methoxy groups -OCH3 is 1. The first kappa shape index (κ1) is 14.3. The van der Waals surface area contributed by atoms with Crippen LogP contribution in [0.15, 0.2) is 0 Å². The maximum absolute atomic E-state index is 5.38. The molecule has 3 nitrogen and oxygen atoms in total. The molecule has 18 heavy (non-hydrogen) atoms. The second-order valence-electron chi connectivity index (χ2n) is 6.45. The zero-order valence-corrected chi connectivity index (χ0v) is 12.4. The van der Waals surface area contributed by atoms with Crippen molar-refractivity contribution in [3.05, 3.63) is 0 Å². The number of piperidine rings is 2. The molecule has 0 aliphatic carbocycles. The lowest BCUT2D eigenvalue weighted by atomic mass is 9.73. The number of nitrogens with one attached hydrogen (secondary N) is 1. The molecule has 2 saturated heterocycles. The summed E-state index contributed by atoms with van der Waals surface area (Å²) in [6, 6.07) is 0. The third kappa shape index (κ3) is 3.46. The number of nitrogens with zero attached hydrogens (tertiary/aromatic N) is 1. The average Bonchev–Trinajstić information content (AvgIpc) is 2.39. The molecule has 2 aliphatic rings. The highest BCUT2D eigenvalue weighted by Crippen LogP contribution is 2.35. The smallest absolute Gasteiger partial charge is 0.0641 e. The van der Waals surface area contributed by atoms with Gasteiger partial charge >= 0.3 is 0 Å². The van der Waals surface area contributed by atoms with Crippen LogP contribution in [-0.2, 0) is 4.74 Å². The largest absolute Gasteiger partial charge is 0.383 e. The van der Waals surface area contributed by atoms with Crippen molar-refractivity contribution in [3.63, 3.8) is 0 Å². The Kier molecular flexibility index (Phi) is 5.05. The van der Waals surface area contributed by atoms with Gasteiger partial charge in [-0.25, -0.2) is 0 Å². The summed E-state index contributed by atoms with van der Waals surface area (Å²) in [7, 11) is 1.82. The fourth-order valence-electron chi connectivity index (χ4n) is 3.88. The fraction of sp³-hybridized carbons (Fsp3) is 1.00. The van der Waals surface area contributed by atoms with E-state index in [1.54, 1.807) is 0 Å². The molecule has 2 rings (SSSR count). The Morgan fingerprint density at radius 2 is 1.94 bits per heavy atom. The molecule has 2 unspecified atom stereocenters. The molecule has 1 N–H and O–H groups in total. The van der Waals surface area contributed by atoms with Crippen LogP contribution in [0.4, 0.5) is 0 Å². The van der Waals surface area contributed by atoms with Crippen molar-refractivity contribution < 1.29 is 4.74 Å². The maximum Gasteiger partial charge on any atom is 0.0641 e. The number of ether oxygens (including phenoxy) is 1. The summed E-state index contributed by atoms with van der Waals surface area (Å²) in [4.78, 5) is 2.59. The monoisotopic (exact) mass is 254 g/mol. The van der Waals surface area contributed by atoms with Crippen molar-refractivity contribution in [2.45, 2.75) is 45.1 Å². The third-order valence-electron chi connectivity index (χ3n) is 4.99. The number of hydrogen-bond acceptors (Lipinski definition) is 3. The lowest BCUT2D eigenvalue weighted by Crippen LogP contribution is -2.53. The first-order chi connectivity index (χ1) is 8.67. The Bertz CT molecular complexity index is 247. The van der Waals surface area contributed by atoms with Gasteiger partial charge in [0.2, 0.25) is 0 Å². The summed E-state index contributed by atoms with van der Waals surface area (Å²) >= 11 is 0. The molecule has 0 saturated carbocycles. The van der Waals surface area contributed by atoms with Gasteiger partial charge in [-0.15, -0.1) is 0 Å². The van der Waals surface area contributed by atoms with Gasteiger partial charge in [0.1, 0.15) is 0 Å².